The van der Waals surface area contributed by atoms with Gasteiger partial charge in [0.05, 0.1) is 32.5 Å². The van der Waals surface area contributed by atoms with Crippen LogP contribution in [0.15, 0.2) is 12.1 Å². The predicted octanol–water partition coefficient (Wildman–Crippen LogP) is 7.21. The minimum atomic E-state index is -0.995. The maximum absolute atomic E-state index is 14.5. The Balaban J connectivity index is 1.19. The zero-order valence-corrected chi connectivity index (χ0v) is 20.9. The van der Waals surface area contributed by atoms with Gasteiger partial charge in [0.1, 0.15) is 0 Å². The first-order valence-corrected chi connectivity index (χ1v) is 13.6. The van der Waals surface area contributed by atoms with Crippen molar-refractivity contribution in [3.8, 4) is 5.75 Å². The average molecular weight is 481 g/mol. The van der Waals surface area contributed by atoms with E-state index < -0.39 is 17.9 Å². The van der Waals surface area contributed by atoms with E-state index in [2.05, 4.69) is 6.92 Å². The van der Waals surface area contributed by atoms with Crippen molar-refractivity contribution in [2.75, 3.05) is 26.4 Å². The number of ether oxygens (including phenoxy) is 4. The highest BCUT2D eigenvalue weighted by Gasteiger charge is 2.37. The maximum atomic E-state index is 14.5. The highest BCUT2D eigenvalue weighted by molar-refractivity contribution is 5.31. The van der Waals surface area contributed by atoms with Crippen molar-refractivity contribution in [1.29, 1.82) is 0 Å². The third-order valence-corrected chi connectivity index (χ3v) is 8.20. The second-order valence-corrected chi connectivity index (χ2v) is 10.5. The normalized spacial score (nSPS) is 32.5. The largest absolute Gasteiger partial charge is 0.491 e. The van der Waals surface area contributed by atoms with Crippen molar-refractivity contribution >= 4 is 0 Å². The van der Waals surface area contributed by atoms with Crippen LogP contribution in [0.5, 0.6) is 5.75 Å². The molecule has 2 atom stereocenters. The average Bonchev–Trinajstić information content (AvgIpc) is 2.88. The van der Waals surface area contributed by atoms with Gasteiger partial charge in [-0.2, -0.15) is 4.39 Å². The summed E-state index contributed by atoms with van der Waals surface area (Å²) in [4.78, 5) is 0. The SMILES string of the molecule is CCCCCC1CCC(C2CCC(C3COC(c4ccc(OCC)c(F)c4F)OC3)OC2)CC1. The van der Waals surface area contributed by atoms with E-state index in [1.807, 2.05) is 0 Å². The minimum absolute atomic E-state index is 0.0781. The summed E-state index contributed by atoms with van der Waals surface area (Å²) in [6.07, 6.45) is 12.4. The van der Waals surface area contributed by atoms with Gasteiger partial charge in [0.15, 0.2) is 17.9 Å². The van der Waals surface area contributed by atoms with Crippen LogP contribution in [0, 0.1) is 35.3 Å². The first kappa shape index (κ1) is 25.8. The van der Waals surface area contributed by atoms with E-state index in [1.54, 1.807) is 6.92 Å². The molecule has 4 nitrogen and oxygen atoms in total. The molecular formula is C28H42F2O4. The van der Waals surface area contributed by atoms with Gasteiger partial charge in [-0.25, -0.2) is 4.39 Å². The number of hydrogen-bond acceptors (Lipinski definition) is 4. The second kappa shape index (κ2) is 12.6. The van der Waals surface area contributed by atoms with Crippen molar-refractivity contribution in [2.45, 2.75) is 90.4 Å². The molecule has 0 bridgehead atoms. The lowest BCUT2D eigenvalue weighted by atomic mass is 9.72. The van der Waals surface area contributed by atoms with Crippen molar-refractivity contribution in [2.24, 2.45) is 23.7 Å². The monoisotopic (exact) mass is 480 g/mol. The molecule has 0 aromatic heterocycles. The molecule has 0 spiro atoms. The van der Waals surface area contributed by atoms with E-state index in [9.17, 15) is 8.78 Å². The lowest BCUT2D eigenvalue weighted by Gasteiger charge is -2.41. The van der Waals surface area contributed by atoms with E-state index in [4.69, 9.17) is 18.9 Å². The van der Waals surface area contributed by atoms with Crippen LogP contribution >= 0.6 is 0 Å². The first-order chi connectivity index (χ1) is 16.6. The second-order valence-electron chi connectivity index (χ2n) is 10.5. The molecule has 3 fully saturated rings. The van der Waals surface area contributed by atoms with Gasteiger partial charge < -0.3 is 18.9 Å². The molecule has 2 saturated heterocycles. The van der Waals surface area contributed by atoms with Crippen LogP contribution in [0.2, 0.25) is 0 Å². The van der Waals surface area contributed by atoms with E-state index in [-0.39, 0.29) is 29.9 Å². The highest BCUT2D eigenvalue weighted by Crippen LogP contribution is 2.41. The summed E-state index contributed by atoms with van der Waals surface area (Å²) in [6.45, 7) is 5.97. The Labute approximate surface area is 203 Å². The molecule has 4 rings (SSSR count). The minimum Gasteiger partial charge on any atom is -0.491 e. The van der Waals surface area contributed by atoms with Crippen LogP contribution in [-0.4, -0.2) is 32.5 Å². The number of benzene rings is 1. The third-order valence-electron chi connectivity index (χ3n) is 8.20. The van der Waals surface area contributed by atoms with Crippen LogP contribution in [0.3, 0.4) is 0 Å². The Kier molecular flexibility index (Phi) is 9.61. The maximum Gasteiger partial charge on any atom is 0.201 e. The third kappa shape index (κ3) is 6.30. The molecule has 1 aliphatic carbocycles. The molecule has 1 aromatic carbocycles. The Bertz CT molecular complexity index is 749. The van der Waals surface area contributed by atoms with E-state index in [0.717, 1.165) is 24.9 Å². The van der Waals surface area contributed by atoms with Gasteiger partial charge in [-0.1, -0.05) is 45.4 Å². The molecule has 1 aromatic rings. The quantitative estimate of drug-likeness (QED) is 0.350. The van der Waals surface area contributed by atoms with Gasteiger partial charge in [0.2, 0.25) is 5.82 Å². The van der Waals surface area contributed by atoms with Crippen LogP contribution in [0.25, 0.3) is 0 Å². The summed E-state index contributed by atoms with van der Waals surface area (Å²) in [5.74, 6) is 0.501. The van der Waals surface area contributed by atoms with Crippen LogP contribution in [0.1, 0.15) is 89.9 Å². The molecule has 0 radical (unpaired) electrons. The number of rotatable bonds is 9. The van der Waals surface area contributed by atoms with Gasteiger partial charge in [-0.3, -0.25) is 0 Å². The van der Waals surface area contributed by atoms with Crippen molar-refractivity contribution < 1.29 is 27.7 Å². The molecule has 34 heavy (non-hydrogen) atoms. The van der Waals surface area contributed by atoms with Crippen molar-refractivity contribution in [3.05, 3.63) is 29.3 Å². The summed E-state index contributed by atoms with van der Waals surface area (Å²) >= 11 is 0. The fourth-order valence-corrected chi connectivity index (χ4v) is 6.08. The van der Waals surface area contributed by atoms with Gasteiger partial charge >= 0.3 is 0 Å². The lowest BCUT2D eigenvalue weighted by molar-refractivity contribution is -0.229. The summed E-state index contributed by atoms with van der Waals surface area (Å²) in [5, 5.41) is 0. The van der Waals surface area contributed by atoms with E-state index >= 15 is 0 Å². The topological polar surface area (TPSA) is 36.9 Å². The summed E-state index contributed by atoms with van der Waals surface area (Å²) in [5.41, 5.74) is 0.0781. The number of hydrogen-bond donors (Lipinski definition) is 0. The van der Waals surface area contributed by atoms with Gasteiger partial charge in [0.25, 0.3) is 0 Å². The van der Waals surface area contributed by atoms with E-state index in [0.29, 0.717) is 19.1 Å². The zero-order chi connectivity index (χ0) is 23.9. The van der Waals surface area contributed by atoms with E-state index in [1.165, 1.54) is 69.9 Å². The summed E-state index contributed by atoms with van der Waals surface area (Å²) in [7, 11) is 0. The first-order valence-electron chi connectivity index (χ1n) is 13.6. The van der Waals surface area contributed by atoms with Gasteiger partial charge in [0, 0.05) is 11.5 Å². The number of unbranched alkanes of at least 4 members (excludes halogenated alkanes) is 2. The van der Waals surface area contributed by atoms with Crippen LogP contribution in [0.4, 0.5) is 8.78 Å². The summed E-state index contributed by atoms with van der Waals surface area (Å²) < 4.78 is 51.8. The smallest absolute Gasteiger partial charge is 0.201 e. The molecule has 2 unspecified atom stereocenters. The van der Waals surface area contributed by atoms with Crippen LogP contribution in [-0.2, 0) is 14.2 Å². The summed E-state index contributed by atoms with van der Waals surface area (Å²) in [6, 6.07) is 2.91. The molecule has 2 heterocycles. The van der Waals surface area contributed by atoms with Gasteiger partial charge in [-0.15, -0.1) is 0 Å². The van der Waals surface area contributed by atoms with Gasteiger partial charge in [-0.05, 0) is 62.5 Å². The van der Waals surface area contributed by atoms with Crippen molar-refractivity contribution in [3.63, 3.8) is 0 Å². The number of halogens is 2. The lowest BCUT2D eigenvalue weighted by Crippen LogP contribution is -2.41. The molecule has 3 aliphatic rings. The fourth-order valence-electron chi connectivity index (χ4n) is 6.08. The van der Waals surface area contributed by atoms with Crippen LogP contribution < -0.4 is 4.74 Å². The van der Waals surface area contributed by atoms with Crippen molar-refractivity contribution in [1.82, 2.24) is 0 Å². The molecule has 192 valence electrons. The predicted molar refractivity (Wildman–Crippen MR) is 128 cm³/mol. The molecular weight excluding hydrogens is 438 g/mol. The molecule has 0 amide bonds. The zero-order valence-electron chi connectivity index (χ0n) is 20.9. The molecule has 2 aliphatic heterocycles. The Morgan fingerprint density at radius 2 is 1.50 bits per heavy atom. The highest BCUT2D eigenvalue weighted by atomic mass is 19.2. The molecule has 0 N–H and O–H groups in total. The Hall–Kier alpha value is -1.24. The molecule has 6 heteroatoms. The Morgan fingerprint density at radius 3 is 2.15 bits per heavy atom. The molecule has 1 saturated carbocycles. The standard InChI is InChI=1S/C28H42F2O4/c1-3-5-6-7-19-8-10-20(11-9-19)21-12-14-24(32-16-21)22-17-33-28(34-18-22)23-13-15-25(31-4-2)27(30)26(23)29/h13,15,19-22,24,28H,3-12,14,16-18H2,1-2H3. The Morgan fingerprint density at radius 1 is 0.794 bits per heavy atom. The fraction of sp³-hybridized carbons (Fsp3) is 0.786.